The van der Waals surface area contributed by atoms with Crippen molar-refractivity contribution in [1.29, 1.82) is 0 Å². The monoisotopic (exact) mass is 341 g/mol. The molecule has 19 heavy (non-hydrogen) atoms. The van der Waals surface area contributed by atoms with Gasteiger partial charge in [0.15, 0.2) is 5.75 Å². The van der Waals surface area contributed by atoms with Crippen molar-refractivity contribution < 1.29 is 9.66 Å². The largest absolute Gasteiger partial charge is 0.456 e. The zero-order valence-corrected chi connectivity index (χ0v) is 12.0. The number of non-ortho nitro benzene ring substituents is 1. The van der Waals surface area contributed by atoms with Gasteiger partial charge < -0.3 is 4.74 Å². The summed E-state index contributed by atoms with van der Waals surface area (Å²) in [6.45, 7) is 0. The molecule has 0 N–H and O–H groups in total. The Morgan fingerprint density at radius 2 is 1.89 bits per heavy atom. The summed E-state index contributed by atoms with van der Waals surface area (Å²) >= 11 is 9.30. The van der Waals surface area contributed by atoms with E-state index >= 15 is 0 Å². The fraction of sp³-hybridized carbons (Fsp3) is 0.0769. The summed E-state index contributed by atoms with van der Waals surface area (Å²) in [6, 6.07) is 11.5. The van der Waals surface area contributed by atoms with Gasteiger partial charge in [0.1, 0.15) is 5.75 Å². The van der Waals surface area contributed by atoms with Crippen LogP contribution < -0.4 is 4.74 Å². The summed E-state index contributed by atoms with van der Waals surface area (Å²) in [5.74, 6) is 0.842. The topological polar surface area (TPSA) is 52.4 Å². The van der Waals surface area contributed by atoms with Crippen molar-refractivity contribution in [2.75, 3.05) is 0 Å². The number of ether oxygens (including phenoxy) is 1. The molecular weight excluding hydrogens is 334 g/mol. The summed E-state index contributed by atoms with van der Waals surface area (Å²) in [6.07, 6.45) is 0. The van der Waals surface area contributed by atoms with Gasteiger partial charge in [-0.3, -0.25) is 10.1 Å². The van der Waals surface area contributed by atoms with E-state index in [0.717, 1.165) is 10.9 Å². The molecule has 0 unspecified atom stereocenters. The molecule has 0 heterocycles. The second-order valence-corrected chi connectivity index (χ2v) is 4.72. The lowest BCUT2D eigenvalue weighted by Gasteiger charge is -2.07. The number of nitrogens with zero attached hydrogens (tertiary/aromatic N) is 1. The molecule has 4 nitrogen and oxygen atoms in total. The van der Waals surface area contributed by atoms with Crippen LogP contribution in [0, 0.1) is 10.1 Å². The van der Waals surface area contributed by atoms with Gasteiger partial charge in [0.25, 0.3) is 5.69 Å². The minimum atomic E-state index is -0.489. The first-order valence-corrected chi connectivity index (χ1v) is 6.87. The lowest BCUT2D eigenvalue weighted by molar-refractivity contribution is -0.384. The first-order valence-electron chi connectivity index (χ1n) is 5.37. The van der Waals surface area contributed by atoms with E-state index in [9.17, 15) is 10.1 Å². The molecule has 0 aliphatic rings. The SMILES string of the molecule is O=[N+]([O-])c1ccc(Cl)c(Oc2ccc(CBr)cc2)c1. The first kappa shape index (κ1) is 13.8. The summed E-state index contributed by atoms with van der Waals surface area (Å²) in [7, 11) is 0. The molecule has 0 aliphatic heterocycles. The molecule has 0 saturated heterocycles. The van der Waals surface area contributed by atoms with E-state index in [2.05, 4.69) is 15.9 Å². The van der Waals surface area contributed by atoms with E-state index in [1.165, 1.54) is 18.2 Å². The number of benzene rings is 2. The van der Waals surface area contributed by atoms with E-state index in [4.69, 9.17) is 16.3 Å². The Balaban J connectivity index is 2.26. The maximum absolute atomic E-state index is 10.7. The number of halogens is 2. The van der Waals surface area contributed by atoms with E-state index < -0.39 is 4.92 Å². The van der Waals surface area contributed by atoms with Crippen molar-refractivity contribution in [2.45, 2.75) is 5.33 Å². The highest BCUT2D eigenvalue weighted by atomic mass is 79.9. The predicted octanol–water partition coefficient (Wildman–Crippen LogP) is 4.94. The van der Waals surface area contributed by atoms with Crippen LogP contribution in [0.25, 0.3) is 0 Å². The van der Waals surface area contributed by atoms with Crippen LogP contribution in [0.1, 0.15) is 5.56 Å². The van der Waals surface area contributed by atoms with Crippen LogP contribution in [0.2, 0.25) is 5.02 Å². The molecule has 6 heteroatoms. The minimum absolute atomic E-state index is 0.0588. The highest BCUT2D eigenvalue weighted by Crippen LogP contribution is 2.32. The molecule has 2 rings (SSSR count). The van der Waals surface area contributed by atoms with Gasteiger partial charge in [-0.1, -0.05) is 39.7 Å². The van der Waals surface area contributed by atoms with E-state index in [0.29, 0.717) is 10.8 Å². The Bertz CT molecular complexity index is 601. The first-order chi connectivity index (χ1) is 9.10. The Hall–Kier alpha value is -1.59. The highest BCUT2D eigenvalue weighted by molar-refractivity contribution is 9.08. The summed E-state index contributed by atoms with van der Waals surface area (Å²) < 4.78 is 5.55. The van der Waals surface area contributed by atoms with Gasteiger partial charge in [0.2, 0.25) is 0 Å². The van der Waals surface area contributed by atoms with Gasteiger partial charge in [-0.2, -0.15) is 0 Å². The number of hydrogen-bond acceptors (Lipinski definition) is 3. The van der Waals surface area contributed by atoms with Gasteiger partial charge >= 0.3 is 0 Å². The Morgan fingerprint density at radius 3 is 2.47 bits per heavy atom. The predicted molar refractivity (Wildman–Crippen MR) is 77.3 cm³/mol. The van der Waals surface area contributed by atoms with E-state index in [1.54, 1.807) is 12.1 Å². The molecule has 2 aromatic carbocycles. The Labute approximate surface area is 123 Å². The van der Waals surface area contributed by atoms with E-state index in [1.807, 2.05) is 12.1 Å². The maximum atomic E-state index is 10.7. The molecule has 0 saturated carbocycles. The third kappa shape index (κ3) is 3.45. The van der Waals surface area contributed by atoms with Crippen LogP contribution in [-0.2, 0) is 5.33 Å². The standard InChI is InChI=1S/C13H9BrClNO3/c14-8-9-1-4-11(5-2-9)19-13-7-10(16(17)18)3-6-12(13)15/h1-7H,8H2. The van der Waals surface area contributed by atoms with Crippen LogP contribution in [0.5, 0.6) is 11.5 Å². The molecule has 2 aromatic rings. The fourth-order valence-electron chi connectivity index (χ4n) is 1.46. The van der Waals surface area contributed by atoms with Gasteiger partial charge in [0.05, 0.1) is 16.0 Å². The number of hydrogen-bond donors (Lipinski definition) is 0. The average molecular weight is 343 g/mol. The molecule has 0 spiro atoms. The third-order valence-corrected chi connectivity index (χ3v) is 3.39. The van der Waals surface area contributed by atoms with Crippen LogP contribution in [0.4, 0.5) is 5.69 Å². The zero-order chi connectivity index (χ0) is 13.8. The Morgan fingerprint density at radius 1 is 1.21 bits per heavy atom. The van der Waals surface area contributed by atoms with Crippen molar-refractivity contribution in [2.24, 2.45) is 0 Å². The van der Waals surface area contributed by atoms with Gasteiger partial charge in [-0.25, -0.2) is 0 Å². The lowest BCUT2D eigenvalue weighted by atomic mass is 10.2. The van der Waals surface area contributed by atoms with Crippen molar-refractivity contribution in [3.8, 4) is 11.5 Å². The van der Waals surface area contributed by atoms with Crippen LogP contribution in [-0.4, -0.2) is 4.92 Å². The van der Waals surface area contributed by atoms with Crippen LogP contribution in [0.3, 0.4) is 0 Å². The molecule has 0 fully saturated rings. The smallest absolute Gasteiger partial charge is 0.273 e. The van der Waals surface area contributed by atoms with Crippen LogP contribution in [0.15, 0.2) is 42.5 Å². The fourth-order valence-corrected chi connectivity index (χ4v) is 1.99. The number of nitro groups is 1. The van der Waals surface area contributed by atoms with E-state index in [-0.39, 0.29) is 11.4 Å². The summed E-state index contributed by atoms with van der Waals surface area (Å²) in [5.41, 5.74) is 1.05. The van der Waals surface area contributed by atoms with Crippen molar-refractivity contribution in [1.82, 2.24) is 0 Å². The van der Waals surface area contributed by atoms with Gasteiger partial charge in [-0.05, 0) is 23.8 Å². The molecule has 0 amide bonds. The second kappa shape index (κ2) is 6.04. The van der Waals surface area contributed by atoms with Gasteiger partial charge in [0, 0.05) is 11.4 Å². The zero-order valence-electron chi connectivity index (χ0n) is 9.68. The van der Waals surface area contributed by atoms with Crippen molar-refractivity contribution in [3.05, 3.63) is 63.2 Å². The molecular formula is C13H9BrClNO3. The van der Waals surface area contributed by atoms with Gasteiger partial charge in [-0.15, -0.1) is 0 Å². The molecule has 0 aliphatic carbocycles. The van der Waals surface area contributed by atoms with Crippen LogP contribution >= 0.6 is 27.5 Å². The molecule has 0 radical (unpaired) electrons. The number of nitro benzene ring substituents is 1. The normalized spacial score (nSPS) is 10.2. The second-order valence-electron chi connectivity index (χ2n) is 3.75. The summed E-state index contributed by atoms with van der Waals surface area (Å²) in [4.78, 5) is 10.2. The quantitative estimate of drug-likeness (QED) is 0.449. The maximum Gasteiger partial charge on any atom is 0.273 e. The summed E-state index contributed by atoms with van der Waals surface area (Å²) in [5, 5.41) is 11.8. The molecule has 0 atom stereocenters. The molecule has 0 aromatic heterocycles. The minimum Gasteiger partial charge on any atom is -0.456 e. The molecule has 0 bridgehead atoms. The highest BCUT2D eigenvalue weighted by Gasteiger charge is 2.11. The Kier molecular flexibility index (Phi) is 4.39. The van der Waals surface area contributed by atoms with Crippen molar-refractivity contribution in [3.63, 3.8) is 0 Å². The third-order valence-electron chi connectivity index (χ3n) is 2.43. The lowest BCUT2D eigenvalue weighted by Crippen LogP contribution is -1.90. The van der Waals surface area contributed by atoms with Crippen molar-refractivity contribution >= 4 is 33.2 Å². The number of alkyl halides is 1. The average Bonchev–Trinajstić information content (AvgIpc) is 2.42. The number of rotatable bonds is 4. The molecule has 98 valence electrons.